The minimum Gasteiger partial charge on any atom is -0.454 e. The van der Waals surface area contributed by atoms with Crippen LogP contribution < -0.4 is 4.74 Å². The van der Waals surface area contributed by atoms with Gasteiger partial charge in [-0.25, -0.2) is 51.9 Å². The summed E-state index contributed by atoms with van der Waals surface area (Å²) in [6, 6.07) is 31.7. The molecule has 82 heavy (non-hydrogen) atoms. The Morgan fingerprint density at radius 3 is 1.21 bits per heavy atom. The van der Waals surface area contributed by atoms with Gasteiger partial charge >= 0.3 is 0 Å². The standard InChI is InChI=1S/C14H15FN2.C13H13FN2O.C13H14FNO.C13H14FNS.C12H13FN2O/c1-10(2)14-16-8-12(9-17-14)7-11-3-5-13(15)6-4-11;1-9(2)13-15-7-12(8-16-13)17-11-5-3-10(14)4-6-11;2*1-9(2)13-15-8-12(16-13)7-10-3-5-11(14)6-4-10;1-8(2)12-15-14-11(16-12)7-9-3-5-10(13)6-4-9/h3-6,8-10H,7H2,1-2H3;3-9H,1-2H3;2*3-6,8-9H,7H2,1-2H3;3-6,8H,7H2,1-2H3. The summed E-state index contributed by atoms with van der Waals surface area (Å²) in [4.78, 5) is 26.8. The molecule has 0 amide bonds. The normalized spacial score (nSPS) is 10.9. The molecule has 5 aromatic heterocycles. The van der Waals surface area contributed by atoms with Gasteiger partial charge < -0.3 is 13.6 Å². The molecule has 428 valence electrons. The fraction of sp³-hybridized carbons (Fsp3) is 0.292. The molecule has 0 aliphatic carbocycles. The van der Waals surface area contributed by atoms with Crippen LogP contribution in [-0.4, -0.2) is 40.1 Å². The Hall–Kier alpha value is -8.31. The van der Waals surface area contributed by atoms with Crippen LogP contribution in [0.3, 0.4) is 0 Å². The Kier molecular flexibility index (Phi) is 24.3. The van der Waals surface area contributed by atoms with Crippen LogP contribution in [-0.2, 0) is 25.7 Å². The quantitative estimate of drug-likeness (QED) is 0.0907. The van der Waals surface area contributed by atoms with E-state index in [0.717, 1.165) is 69.0 Å². The van der Waals surface area contributed by atoms with Gasteiger partial charge in [-0.2, -0.15) is 0 Å². The number of hydrogen-bond donors (Lipinski definition) is 0. The van der Waals surface area contributed by atoms with Gasteiger partial charge in [0.25, 0.3) is 0 Å². The number of hydrogen-bond acceptors (Lipinski definition) is 12. The Labute approximate surface area is 481 Å². The molecule has 0 aliphatic heterocycles. The van der Waals surface area contributed by atoms with Crippen molar-refractivity contribution in [3.63, 3.8) is 0 Å². The summed E-state index contributed by atoms with van der Waals surface area (Å²) in [5.41, 5.74) is 5.21. The Morgan fingerprint density at radius 2 is 0.793 bits per heavy atom. The van der Waals surface area contributed by atoms with Gasteiger partial charge in [0, 0.05) is 72.3 Å². The molecule has 0 aliphatic rings. The number of ether oxygens (including phenoxy) is 1. The van der Waals surface area contributed by atoms with Gasteiger partial charge in [0.05, 0.1) is 30.0 Å². The van der Waals surface area contributed by atoms with Crippen LogP contribution in [0.15, 0.2) is 167 Å². The second-order valence-corrected chi connectivity index (χ2v) is 21.8. The molecule has 0 fully saturated rings. The number of thiazole rings is 1. The largest absolute Gasteiger partial charge is 0.454 e. The highest BCUT2D eigenvalue weighted by atomic mass is 32.1. The molecule has 0 saturated heterocycles. The van der Waals surface area contributed by atoms with E-state index in [1.165, 1.54) is 65.5 Å². The highest BCUT2D eigenvalue weighted by Gasteiger charge is 2.12. The third-order valence-electron chi connectivity index (χ3n) is 11.7. The van der Waals surface area contributed by atoms with E-state index >= 15 is 0 Å². The van der Waals surface area contributed by atoms with Crippen LogP contribution in [0.25, 0.3) is 0 Å². The minimum atomic E-state index is -0.288. The number of rotatable bonds is 15. The van der Waals surface area contributed by atoms with Crippen molar-refractivity contribution in [1.29, 1.82) is 0 Å². The fourth-order valence-electron chi connectivity index (χ4n) is 7.21. The van der Waals surface area contributed by atoms with Crippen LogP contribution >= 0.6 is 11.3 Å². The SMILES string of the molecule is CC(C)c1ncc(Cc2ccc(F)cc2)cn1.CC(C)c1ncc(Cc2ccc(F)cc2)o1.CC(C)c1ncc(Cc2ccc(F)cc2)s1.CC(C)c1ncc(Oc2ccc(F)cc2)cn1.CC(C)c1nnc(Cc2ccc(F)cc2)o1. The highest BCUT2D eigenvalue weighted by molar-refractivity contribution is 7.11. The van der Waals surface area contributed by atoms with Crippen molar-refractivity contribution >= 4 is 11.3 Å². The molecule has 10 aromatic rings. The summed E-state index contributed by atoms with van der Waals surface area (Å²) in [5.74, 6) is 5.99. The Balaban J connectivity index is 0.000000165. The van der Waals surface area contributed by atoms with E-state index in [1.54, 1.807) is 78.5 Å². The third-order valence-corrected chi connectivity index (χ3v) is 13.0. The maximum absolute atomic E-state index is 12.7. The van der Waals surface area contributed by atoms with E-state index < -0.39 is 0 Å². The summed E-state index contributed by atoms with van der Waals surface area (Å²) in [6.07, 6.45) is 13.3. The van der Waals surface area contributed by atoms with E-state index in [-0.39, 0.29) is 40.9 Å². The lowest BCUT2D eigenvalue weighted by molar-refractivity contribution is 0.439. The zero-order chi connectivity index (χ0) is 59.1. The van der Waals surface area contributed by atoms with Gasteiger partial charge in [0.15, 0.2) is 11.6 Å². The van der Waals surface area contributed by atoms with Gasteiger partial charge in [-0.15, -0.1) is 21.5 Å². The zero-order valence-corrected chi connectivity index (χ0v) is 48.6. The Bertz CT molecular complexity index is 3100. The number of aromatic nitrogens is 8. The first-order valence-corrected chi connectivity index (χ1v) is 27.8. The van der Waals surface area contributed by atoms with Crippen molar-refractivity contribution < 1.29 is 35.5 Å². The molecule has 0 saturated carbocycles. The van der Waals surface area contributed by atoms with E-state index in [9.17, 15) is 22.0 Å². The predicted octanol–water partition coefficient (Wildman–Crippen LogP) is 17.3. The number of halogens is 5. The maximum atomic E-state index is 12.7. The number of oxazole rings is 1. The monoisotopic (exact) mass is 1140 g/mol. The molecule has 0 atom stereocenters. The maximum Gasteiger partial charge on any atom is 0.220 e. The number of benzene rings is 5. The van der Waals surface area contributed by atoms with Crippen molar-refractivity contribution in [2.24, 2.45) is 0 Å². The topological polar surface area (TPSA) is 139 Å². The average Bonchev–Trinajstić information content (AvgIpc) is 4.27. The van der Waals surface area contributed by atoms with Gasteiger partial charge in [-0.05, 0) is 101 Å². The van der Waals surface area contributed by atoms with Crippen LogP contribution in [0, 0.1) is 29.1 Å². The molecule has 0 spiro atoms. The fourth-order valence-corrected chi connectivity index (χ4v) is 8.16. The van der Waals surface area contributed by atoms with E-state index in [4.69, 9.17) is 13.6 Å². The minimum absolute atomic E-state index is 0.184. The second-order valence-electron chi connectivity index (χ2n) is 20.6. The molecule has 5 heterocycles. The van der Waals surface area contributed by atoms with Crippen LogP contribution in [0.2, 0.25) is 0 Å². The summed E-state index contributed by atoms with van der Waals surface area (Å²) in [5, 5.41) is 9.05. The zero-order valence-electron chi connectivity index (χ0n) is 47.8. The lowest BCUT2D eigenvalue weighted by Crippen LogP contribution is -1.99. The van der Waals surface area contributed by atoms with Crippen molar-refractivity contribution in [3.05, 3.63) is 260 Å². The van der Waals surface area contributed by atoms with Gasteiger partial charge in [-0.1, -0.05) is 118 Å². The molecular weight excluding hydrogens is 1070 g/mol. The van der Waals surface area contributed by atoms with Crippen molar-refractivity contribution in [2.45, 2.75) is 125 Å². The summed E-state index contributed by atoms with van der Waals surface area (Å²) in [7, 11) is 0. The first kappa shape index (κ1) is 62.9. The third kappa shape index (κ3) is 21.6. The van der Waals surface area contributed by atoms with Crippen molar-refractivity contribution in [2.75, 3.05) is 0 Å². The summed E-state index contributed by atoms with van der Waals surface area (Å²) < 4.78 is 80.1. The first-order valence-electron chi connectivity index (χ1n) is 27.0. The molecule has 11 nitrogen and oxygen atoms in total. The molecule has 0 N–H and O–H groups in total. The Morgan fingerprint density at radius 1 is 0.366 bits per heavy atom. The first-order chi connectivity index (χ1) is 39.2. The van der Waals surface area contributed by atoms with E-state index in [0.29, 0.717) is 53.9 Å². The van der Waals surface area contributed by atoms with Crippen LogP contribution in [0.1, 0.15) is 172 Å². The molecule has 0 radical (unpaired) electrons. The van der Waals surface area contributed by atoms with Crippen molar-refractivity contribution in [3.8, 4) is 11.5 Å². The van der Waals surface area contributed by atoms with E-state index in [1.807, 2.05) is 72.3 Å². The second kappa shape index (κ2) is 31.6. The molecule has 10 rings (SSSR count). The summed E-state index contributed by atoms with van der Waals surface area (Å²) in [6.45, 7) is 20.5. The molecule has 5 aromatic carbocycles. The van der Waals surface area contributed by atoms with Gasteiger partial charge in [0.1, 0.15) is 52.2 Å². The van der Waals surface area contributed by atoms with Crippen LogP contribution in [0.4, 0.5) is 22.0 Å². The average molecular weight is 1140 g/mol. The highest BCUT2D eigenvalue weighted by Crippen LogP contribution is 2.25. The molecule has 17 heteroatoms. The van der Waals surface area contributed by atoms with Crippen molar-refractivity contribution in [1.82, 2.24) is 40.1 Å². The van der Waals surface area contributed by atoms with E-state index in [2.05, 4.69) is 67.8 Å². The summed E-state index contributed by atoms with van der Waals surface area (Å²) >= 11 is 1.74. The smallest absolute Gasteiger partial charge is 0.220 e. The van der Waals surface area contributed by atoms with Gasteiger partial charge in [-0.3, -0.25) is 0 Å². The predicted molar refractivity (Wildman–Crippen MR) is 311 cm³/mol. The number of nitrogens with zero attached hydrogens (tertiary/aromatic N) is 8. The lowest BCUT2D eigenvalue weighted by Gasteiger charge is -2.06. The van der Waals surface area contributed by atoms with Crippen LogP contribution in [0.5, 0.6) is 11.5 Å². The lowest BCUT2D eigenvalue weighted by atomic mass is 10.1. The molecule has 0 bridgehead atoms. The molecular formula is C65H69F5N8O3S. The van der Waals surface area contributed by atoms with Gasteiger partial charge in [0.2, 0.25) is 11.8 Å². The molecule has 0 unspecified atom stereocenters.